The summed E-state index contributed by atoms with van der Waals surface area (Å²) in [5.41, 5.74) is 2.34. The maximum absolute atomic E-state index is 12.9. The molecule has 29 heavy (non-hydrogen) atoms. The molecule has 148 valence electrons. The van der Waals surface area contributed by atoms with Gasteiger partial charge in [-0.05, 0) is 72.5 Å². The predicted octanol–water partition coefficient (Wildman–Crippen LogP) is 6.51. The summed E-state index contributed by atoms with van der Waals surface area (Å²) in [6, 6.07) is 14.7. The second-order valence-corrected chi connectivity index (χ2v) is 10.6. The molecule has 1 amide bonds. The van der Waals surface area contributed by atoms with E-state index in [-0.39, 0.29) is 11.3 Å². The molecule has 0 radical (unpaired) electrons. The van der Waals surface area contributed by atoms with Crippen LogP contribution in [-0.2, 0) is 4.79 Å². The summed E-state index contributed by atoms with van der Waals surface area (Å²) >= 11 is 1.53. The first-order valence-electron chi connectivity index (χ1n) is 10.9. The number of benzene rings is 2. The summed E-state index contributed by atoms with van der Waals surface area (Å²) in [7, 11) is 0. The van der Waals surface area contributed by atoms with Gasteiger partial charge in [0.2, 0.25) is 5.91 Å². The van der Waals surface area contributed by atoms with Crippen molar-refractivity contribution in [3.63, 3.8) is 0 Å². The minimum atomic E-state index is 0.158. The molecule has 4 aliphatic carbocycles. The molecule has 1 N–H and O–H groups in total. The maximum Gasteiger partial charge on any atom is 0.226 e. The van der Waals surface area contributed by atoms with Crippen molar-refractivity contribution in [1.29, 1.82) is 0 Å². The molecule has 0 unspecified atom stereocenters. The van der Waals surface area contributed by atoms with Crippen LogP contribution in [-0.4, -0.2) is 10.9 Å². The number of thiazole rings is 1. The van der Waals surface area contributed by atoms with Crippen molar-refractivity contribution in [3.8, 4) is 11.3 Å². The van der Waals surface area contributed by atoms with E-state index < -0.39 is 0 Å². The smallest absolute Gasteiger partial charge is 0.226 e. The summed E-state index contributed by atoms with van der Waals surface area (Å²) in [5.74, 6) is 2.80. The third kappa shape index (κ3) is 3.18. The van der Waals surface area contributed by atoms with Crippen molar-refractivity contribution < 1.29 is 4.79 Å². The lowest BCUT2D eigenvalue weighted by molar-refractivity contribution is -0.124. The summed E-state index contributed by atoms with van der Waals surface area (Å²) < 4.78 is 0. The second kappa shape index (κ2) is 6.66. The van der Waals surface area contributed by atoms with E-state index in [1.165, 1.54) is 60.6 Å². The second-order valence-electron chi connectivity index (χ2n) is 9.71. The molecule has 0 spiro atoms. The number of amides is 1. The van der Waals surface area contributed by atoms with Gasteiger partial charge in [0, 0.05) is 17.4 Å². The van der Waals surface area contributed by atoms with Crippen LogP contribution in [0, 0.1) is 23.2 Å². The lowest BCUT2D eigenvalue weighted by Crippen LogP contribution is -2.47. The number of hydrogen-bond acceptors (Lipinski definition) is 3. The zero-order chi connectivity index (χ0) is 19.4. The number of nitrogens with zero attached hydrogens (tertiary/aromatic N) is 1. The van der Waals surface area contributed by atoms with Crippen LogP contribution in [0.4, 0.5) is 5.13 Å². The van der Waals surface area contributed by atoms with Gasteiger partial charge in [0.15, 0.2) is 5.13 Å². The molecule has 0 aliphatic heterocycles. The van der Waals surface area contributed by atoms with Gasteiger partial charge in [-0.2, -0.15) is 0 Å². The highest BCUT2D eigenvalue weighted by molar-refractivity contribution is 7.14. The molecule has 7 rings (SSSR count). The molecule has 3 aromatic rings. The predicted molar refractivity (Wildman–Crippen MR) is 119 cm³/mol. The Kier molecular flexibility index (Phi) is 4.05. The van der Waals surface area contributed by atoms with Crippen molar-refractivity contribution >= 4 is 33.1 Å². The fourth-order valence-corrected chi connectivity index (χ4v) is 7.64. The van der Waals surface area contributed by atoms with Crippen molar-refractivity contribution in [3.05, 3.63) is 47.8 Å². The summed E-state index contributed by atoms with van der Waals surface area (Å²) in [6.45, 7) is 0. The summed E-state index contributed by atoms with van der Waals surface area (Å²) in [6.07, 6.45) is 8.74. The van der Waals surface area contributed by atoms with Crippen LogP contribution in [0.1, 0.15) is 44.9 Å². The lowest BCUT2D eigenvalue weighted by atomic mass is 9.49. The molecular formula is C25H26N2OS. The molecule has 4 heteroatoms. The van der Waals surface area contributed by atoms with E-state index in [0.29, 0.717) is 6.42 Å². The first kappa shape index (κ1) is 17.6. The number of rotatable bonds is 4. The average Bonchev–Trinajstić information content (AvgIpc) is 3.14. The molecule has 4 fully saturated rings. The van der Waals surface area contributed by atoms with E-state index in [9.17, 15) is 4.79 Å². The van der Waals surface area contributed by atoms with Crippen molar-refractivity contribution in [2.24, 2.45) is 23.2 Å². The molecular weight excluding hydrogens is 376 g/mol. The molecule has 0 atom stereocenters. The molecule has 2 aromatic carbocycles. The number of nitrogens with one attached hydrogen (secondary N) is 1. The van der Waals surface area contributed by atoms with Crippen molar-refractivity contribution in [2.45, 2.75) is 44.9 Å². The molecule has 0 saturated heterocycles. The zero-order valence-electron chi connectivity index (χ0n) is 16.6. The number of carbonyl (C=O) groups is 1. The van der Waals surface area contributed by atoms with Gasteiger partial charge < -0.3 is 5.32 Å². The van der Waals surface area contributed by atoms with Gasteiger partial charge in [-0.1, -0.05) is 42.5 Å². The van der Waals surface area contributed by atoms with Crippen LogP contribution in [0.25, 0.3) is 22.0 Å². The highest BCUT2D eigenvalue weighted by Crippen LogP contribution is 2.61. The SMILES string of the molecule is O=C(CC12CC3CC(CC(C3)C1)C2)Nc1nc(-c2cccc3ccccc23)cs1. The van der Waals surface area contributed by atoms with Crippen LogP contribution in [0.15, 0.2) is 47.8 Å². The molecule has 4 aliphatic rings. The van der Waals surface area contributed by atoms with Gasteiger partial charge in [0.05, 0.1) is 5.69 Å². The van der Waals surface area contributed by atoms with Gasteiger partial charge >= 0.3 is 0 Å². The Bertz CT molecular complexity index is 1040. The fourth-order valence-electron chi connectivity index (χ4n) is 6.91. The summed E-state index contributed by atoms with van der Waals surface area (Å²) in [5, 5.41) is 8.32. The zero-order valence-corrected chi connectivity index (χ0v) is 17.4. The first-order chi connectivity index (χ1) is 14.2. The molecule has 1 aromatic heterocycles. The van der Waals surface area contributed by atoms with Crippen LogP contribution in [0.2, 0.25) is 0 Å². The van der Waals surface area contributed by atoms with E-state index in [4.69, 9.17) is 4.98 Å². The molecule has 4 bridgehead atoms. The van der Waals surface area contributed by atoms with Crippen LogP contribution < -0.4 is 5.32 Å². The van der Waals surface area contributed by atoms with Crippen molar-refractivity contribution in [1.82, 2.24) is 4.98 Å². The van der Waals surface area contributed by atoms with Gasteiger partial charge in [-0.3, -0.25) is 4.79 Å². The van der Waals surface area contributed by atoms with Crippen LogP contribution in [0.5, 0.6) is 0 Å². The molecule has 1 heterocycles. The first-order valence-corrected chi connectivity index (χ1v) is 11.8. The number of anilines is 1. The maximum atomic E-state index is 12.9. The van der Waals surface area contributed by atoms with E-state index in [0.717, 1.165) is 34.1 Å². The third-order valence-corrected chi connectivity index (χ3v) is 8.27. The quantitative estimate of drug-likeness (QED) is 0.540. The Labute approximate surface area is 175 Å². The lowest BCUT2D eigenvalue weighted by Gasteiger charge is -2.56. The Hall–Kier alpha value is -2.20. The summed E-state index contributed by atoms with van der Waals surface area (Å²) in [4.78, 5) is 17.7. The minimum Gasteiger partial charge on any atom is -0.302 e. The Morgan fingerprint density at radius 3 is 2.45 bits per heavy atom. The Morgan fingerprint density at radius 2 is 1.69 bits per heavy atom. The van der Waals surface area contributed by atoms with Crippen LogP contribution in [0.3, 0.4) is 0 Å². The monoisotopic (exact) mass is 402 g/mol. The van der Waals surface area contributed by atoms with Crippen LogP contribution >= 0.6 is 11.3 Å². The number of hydrogen-bond donors (Lipinski definition) is 1. The number of carbonyl (C=O) groups excluding carboxylic acids is 1. The van der Waals surface area contributed by atoms with Gasteiger partial charge in [0.25, 0.3) is 0 Å². The van der Waals surface area contributed by atoms with Gasteiger partial charge in [0.1, 0.15) is 0 Å². The van der Waals surface area contributed by atoms with E-state index in [2.05, 4.69) is 53.2 Å². The normalized spacial score (nSPS) is 30.0. The van der Waals surface area contributed by atoms with E-state index in [1.807, 2.05) is 0 Å². The Balaban J connectivity index is 1.19. The largest absolute Gasteiger partial charge is 0.302 e. The third-order valence-electron chi connectivity index (χ3n) is 7.52. The highest BCUT2D eigenvalue weighted by atomic mass is 32.1. The number of fused-ring (bicyclic) bond motifs is 1. The minimum absolute atomic E-state index is 0.158. The fraction of sp³-hybridized carbons (Fsp3) is 0.440. The standard InChI is InChI=1S/C25H26N2OS/c28-23(14-25-11-16-8-17(12-25)10-18(9-16)13-25)27-24-26-22(15-29-24)21-7-3-5-19-4-1-2-6-20(19)21/h1-7,15-18H,8-14H2,(H,26,27,28). The topological polar surface area (TPSA) is 42.0 Å². The van der Waals surface area contributed by atoms with E-state index in [1.54, 1.807) is 0 Å². The molecule has 4 saturated carbocycles. The van der Waals surface area contributed by atoms with Crippen molar-refractivity contribution in [2.75, 3.05) is 5.32 Å². The number of aromatic nitrogens is 1. The average molecular weight is 403 g/mol. The van der Waals surface area contributed by atoms with Gasteiger partial charge in [-0.25, -0.2) is 4.98 Å². The highest BCUT2D eigenvalue weighted by Gasteiger charge is 2.51. The Morgan fingerprint density at radius 1 is 1.00 bits per heavy atom. The van der Waals surface area contributed by atoms with Gasteiger partial charge in [-0.15, -0.1) is 11.3 Å². The molecule has 3 nitrogen and oxygen atoms in total. The van der Waals surface area contributed by atoms with E-state index >= 15 is 0 Å².